The number of hydrogen-bond acceptors (Lipinski definition) is 2. The summed E-state index contributed by atoms with van der Waals surface area (Å²) in [5.41, 5.74) is 1.98. The van der Waals surface area contributed by atoms with Gasteiger partial charge in [0.15, 0.2) is 0 Å². The van der Waals surface area contributed by atoms with Crippen LogP contribution in [0.15, 0.2) is 34.8 Å². The first-order valence-electron chi connectivity index (χ1n) is 6.52. The van der Waals surface area contributed by atoms with Crippen molar-refractivity contribution in [2.75, 3.05) is 0 Å². The molecule has 0 aliphatic rings. The molecule has 5 heteroatoms. The summed E-state index contributed by atoms with van der Waals surface area (Å²) < 4.78 is 12.2. The third-order valence-corrected chi connectivity index (χ3v) is 5.27. The molecule has 1 aromatic carbocycles. The van der Waals surface area contributed by atoms with E-state index >= 15 is 0 Å². The molecular weight excluding hydrogens is 336 g/mol. The third-order valence-electron chi connectivity index (χ3n) is 3.52. The Kier molecular flexibility index (Phi) is 4.62. The molecule has 2 atom stereocenters. The van der Waals surface area contributed by atoms with Crippen LogP contribution in [0.5, 0.6) is 0 Å². The Morgan fingerprint density at radius 1 is 1.35 bits per heavy atom. The predicted octanol–water partition coefficient (Wildman–Crippen LogP) is 3.89. The molecule has 0 bridgehead atoms. The van der Waals surface area contributed by atoms with Crippen LogP contribution in [0.25, 0.3) is 10.9 Å². The van der Waals surface area contributed by atoms with Gasteiger partial charge in [-0.05, 0) is 44.4 Å². The van der Waals surface area contributed by atoms with Gasteiger partial charge < -0.3 is 0 Å². The number of nitrogens with zero attached hydrogens (tertiary/aromatic N) is 1. The summed E-state index contributed by atoms with van der Waals surface area (Å²) in [6.07, 6.45) is 0.739. The Labute approximate surface area is 130 Å². The average molecular weight is 355 g/mol. The maximum absolute atomic E-state index is 11.6. The molecule has 1 unspecified atom stereocenters. The first-order chi connectivity index (χ1) is 9.29. The number of nitrogens with two attached hydrogens (primary N) is 1. The minimum Gasteiger partial charge on any atom is -0.253 e. The number of pyridine rings is 1. The van der Waals surface area contributed by atoms with Crippen LogP contribution in [0.4, 0.5) is 0 Å². The summed E-state index contributed by atoms with van der Waals surface area (Å²) in [7, 11) is -1.34. The monoisotopic (exact) mass is 354 g/mol. The summed E-state index contributed by atoms with van der Waals surface area (Å²) in [4.78, 5) is 4.71. The number of halogens is 1. The van der Waals surface area contributed by atoms with Crippen molar-refractivity contribution >= 4 is 37.8 Å². The maximum atomic E-state index is 11.6. The fourth-order valence-electron chi connectivity index (χ4n) is 2.30. The minimum atomic E-state index is -1.34. The van der Waals surface area contributed by atoms with Gasteiger partial charge in [0.25, 0.3) is 0 Å². The van der Waals surface area contributed by atoms with Gasteiger partial charge >= 0.3 is 0 Å². The summed E-state index contributed by atoms with van der Waals surface area (Å²) in [5, 5.41) is 6.67. The molecule has 0 radical (unpaired) electrons. The fourth-order valence-corrected chi connectivity index (χ4v) is 3.07. The molecule has 108 valence electrons. The number of benzene rings is 1. The van der Waals surface area contributed by atoms with Crippen molar-refractivity contribution in [3.8, 4) is 0 Å². The number of fused-ring (bicyclic) bond motifs is 1. The number of aromatic nitrogens is 1. The normalized spacial score (nSPS) is 15.2. The van der Waals surface area contributed by atoms with Crippen LogP contribution in [0.2, 0.25) is 0 Å². The molecule has 0 fully saturated rings. The van der Waals surface area contributed by atoms with E-state index in [1.807, 2.05) is 38.1 Å². The van der Waals surface area contributed by atoms with E-state index < -0.39 is 15.7 Å². The second-order valence-corrected chi connectivity index (χ2v) is 8.35. The Bertz CT molecular complexity index is 657. The fraction of sp³-hybridized carbons (Fsp3) is 0.400. The van der Waals surface area contributed by atoms with E-state index in [-0.39, 0.29) is 5.92 Å². The van der Waals surface area contributed by atoms with E-state index in [0.29, 0.717) is 0 Å². The highest BCUT2D eigenvalue weighted by atomic mass is 79.9. The van der Waals surface area contributed by atoms with E-state index in [2.05, 4.69) is 28.9 Å². The smallest absolute Gasteiger partial charge is 0.0945 e. The number of rotatable bonds is 4. The van der Waals surface area contributed by atoms with Gasteiger partial charge in [0.1, 0.15) is 0 Å². The van der Waals surface area contributed by atoms with Crippen molar-refractivity contribution in [1.29, 1.82) is 0 Å². The molecule has 20 heavy (non-hydrogen) atoms. The van der Waals surface area contributed by atoms with Crippen LogP contribution >= 0.6 is 15.9 Å². The van der Waals surface area contributed by atoms with Crippen LogP contribution < -0.4 is 5.14 Å². The Balaban J connectivity index is 2.30. The van der Waals surface area contributed by atoms with Crippen molar-refractivity contribution in [3.05, 3.63) is 40.5 Å². The van der Waals surface area contributed by atoms with Crippen LogP contribution in [0, 0.1) is 0 Å². The lowest BCUT2D eigenvalue weighted by Crippen LogP contribution is -2.33. The highest BCUT2D eigenvalue weighted by Gasteiger charge is 2.27. The van der Waals surface area contributed by atoms with Gasteiger partial charge in [0.05, 0.1) is 21.2 Å². The van der Waals surface area contributed by atoms with Crippen molar-refractivity contribution in [2.24, 2.45) is 5.14 Å². The lowest BCUT2D eigenvalue weighted by Gasteiger charge is -2.25. The molecule has 1 aromatic heterocycles. The number of hydrogen-bond donors (Lipinski definition) is 1. The zero-order valence-corrected chi connectivity index (χ0v) is 14.3. The summed E-state index contributed by atoms with van der Waals surface area (Å²) in [6, 6.07) is 10.2. The molecule has 3 nitrogen and oxygen atoms in total. The summed E-state index contributed by atoms with van der Waals surface area (Å²) >= 11 is 3.47. The molecule has 2 aromatic rings. The Hall–Kier alpha value is -0.780. The van der Waals surface area contributed by atoms with Crippen molar-refractivity contribution in [3.63, 3.8) is 0 Å². The van der Waals surface area contributed by atoms with Gasteiger partial charge in [-0.3, -0.25) is 10.1 Å². The molecule has 2 N–H and O–H groups in total. The zero-order valence-electron chi connectivity index (χ0n) is 11.9. The van der Waals surface area contributed by atoms with Gasteiger partial charge in [-0.2, -0.15) is 0 Å². The Morgan fingerprint density at radius 2 is 2.00 bits per heavy atom. The van der Waals surface area contributed by atoms with Gasteiger partial charge in [0.2, 0.25) is 0 Å². The molecule has 0 aliphatic carbocycles. The molecule has 0 saturated heterocycles. The summed E-state index contributed by atoms with van der Waals surface area (Å²) in [6.45, 7) is 5.95. The minimum absolute atomic E-state index is 0.209. The van der Waals surface area contributed by atoms with E-state index in [9.17, 15) is 4.21 Å². The van der Waals surface area contributed by atoms with Crippen LogP contribution in [-0.4, -0.2) is 13.9 Å². The van der Waals surface area contributed by atoms with Gasteiger partial charge in [-0.15, -0.1) is 0 Å². The molecule has 1 heterocycles. The molecule has 0 spiro atoms. The zero-order chi connectivity index (χ0) is 14.9. The average Bonchev–Trinajstić information content (AvgIpc) is 2.37. The lowest BCUT2D eigenvalue weighted by molar-refractivity contribution is 0.534. The molecule has 0 saturated carbocycles. The molecule has 2 rings (SSSR count). The van der Waals surface area contributed by atoms with Gasteiger partial charge in [-0.25, -0.2) is 4.21 Å². The Morgan fingerprint density at radius 3 is 2.65 bits per heavy atom. The molecular formula is C15H19BrN2OS. The quantitative estimate of drug-likeness (QED) is 0.905. The SMILES string of the molecule is C[C@H](CC(C)(C)S(N)=O)c1ccc2ccc(Br)cc2n1. The molecule has 0 aliphatic heterocycles. The lowest BCUT2D eigenvalue weighted by atomic mass is 9.94. The van der Waals surface area contributed by atoms with Crippen molar-refractivity contribution < 1.29 is 4.21 Å². The van der Waals surface area contributed by atoms with Crippen molar-refractivity contribution in [1.82, 2.24) is 4.98 Å². The van der Waals surface area contributed by atoms with E-state index in [1.54, 1.807) is 0 Å². The van der Waals surface area contributed by atoms with Gasteiger partial charge in [0, 0.05) is 15.6 Å². The second-order valence-electron chi connectivity index (χ2n) is 5.74. The first-order valence-corrected chi connectivity index (χ1v) is 8.53. The highest BCUT2D eigenvalue weighted by Crippen LogP contribution is 2.29. The topological polar surface area (TPSA) is 56.0 Å². The standard InChI is InChI=1S/C15H19BrN2OS/c1-10(9-15(2,3)20(17)19)13-7-5-11-4-6-12(16)8-14(11)18-13/h4-8,10H,9,17H2,1-3H3/t10-,20?/m1/s1. The summed E-state index contributed by atoms with van der Waals surface area (Å²) in [5.74, 6) is 0.209. The van der Waals surface area contributed by atoms with Gasteiger partial charge in [-0.1, -0.05) is 35.0 Å². The van der Waals surface area contributed by atoms with Crippen LogP contribution in [0.1, 0.15) is 38.8 Å². The van der Waals surface area contributed by atoms with E-state index in [1.165, 1.54) is 0 Å². The van der Waals surface area contributed by atoms with E-state index in [4.69, 9.17) is 10.1 Å². The first kappa shape index (κ1) is 15.6. The second kappa shape index (κ2) is 5.92. The van der Waals surface area contributed by atoms with E-state index in [0.717, 1.165) is 27.5 Å². The maximum Gasteiger partial charge on any atom is 0.0945 e. The largest absolute Gasteiger partial charge is 0.253 e. The highest BCUT2D eigenvalue weighted by molar-refractivity contribution is 9.10. The molecule has 0 amide bonds. The van der Waals surface area contributed by atoms with Crippen LogP contribution in [-0.2, 0) is 11.0 Å². The van der Waals surface area contributed by atoms with Crippen molar-refractivity contribution in [2.45, 2.75) is 37.9 Å². The predicted molar refractivity (Wildman–Crippen MR) is 88.9 cm³/mol. The third kappa shape index (κ3) is 3.45. The van der Waals surface area contributed by atoms with Crippen LogP contribution in [0.3, 0.4) is 0 Å².